The summed E-state index contributed by atoms with van der Waals surface area (Å²) in [7, 11) is 0. The molecular weight excluding hydrogens is 450 g/mol. The van der Waals surface area contributed by atoms with Crippen LogP contribution in [0.5, 0.6) is 0 Å². The minimum absolute atomic E-state index is 0.191. The van der Waals surface area contributed by atoms with E-state index in [0.29, 0.717) is 17.6 Å². The smallest absolute Gasteiger partial charge is 0.208 e. The molecular formula is C31H20ClN3. The van der Waals surface area contributed by atoms with Gasteiger partial charge in [0.15, 0.2) is 11.6 Å². The van der Waals surface area contributed by atoms with Crippen LogP contribution in [0.3, 0.4) is 0 Å². The standard InChI is InChI=1S/C31H20ClN3/c32-31-34-29(23-5-2-1-3-6-23)33-30(35-31)24-13-9-19(10-14-24)25-17-15-22-12-11-20-7-4-8-21-16-18-26(25)28(22)27(20)21/h1-11,13-18,27H,12H2. The van der Waals surface area contributed by atoms with E-state index >= 15 is 0 Å². The average molecular weight is 470 g/mol. The topological polar surface area (TPSA) is 38.7 Å². The molecule has 1 unspecified atom stereocenters. The number of nitrogens with zero attached hydrogens (tertiary/aromatic N) is 3. The largest absolute Gasteiger partial charge is 0.226 e. The Bertz CT molecular complexity index is 1610. The van der Waals surface area contributed by atoms with Crippen LogP contribution < -0.4 is 0 Å². The molecule has 0 fully saturated rings. The molecule has 0 saturated carbocycles. The Morgan fingerprint density at radius 2 is 1.43 bits per heavy atom. The van der Waals surface area contributed by atoms with Crippen molar-refractivity contribution in [3.8, 4) is 33.9 Å². The quantitative estimate of drug-likeness (QED) is 0.310. The van der Waals surface area contributed by atoms with E-state index in [1.54, 1.807) is 0 Å². The molecule has 3 aliphatic rings. The summed E-state index contributed by atoms with van der Waals surface area (Å²) >= 11 is 6.26. The Morgan fingerprint density at radius 1 is 0.686 bits per heavy atom. The zero-order valence-corrected chi connectivity index (χ0v) is 19.6. The molecule has 1 heterocycles. The van der Waals surface area contributed by atoms with Gasteiger partial charge in [-0.3, -0.25) is 0 Å². The van der Waals surface area contributed by atoms with E-state index in [9.17, 15) is 0 Å². The van der Waals surface area contributed by atoms with E-state index < -0.39 is 0 Å². The Hall–Kier alpha value is -4.08. The summed E-state index contributed by atoms with van der Waals surface area (Å²) in [5, 5.41) is 0.191. The fourth-order valence-corrected chi connectivity index (χ4v) is 5.52. The van der Waals surface area contributed by atoms with Crippen LogP contribution in [0.4, 0.5) is 0 Å². The lowest BCUT2D eigenvalue weighted by molar-refractivity contribution is 0.893. The van der Waals surface area contributed by atoms with E-state index in [4.69, 9.17) is 11.6 Å². The third-order valence-corrected chi connectivity index (χ3v) is 7.17. The second-order valence-electron chi connectivity index (χ2n) is 9.00. The van der Waals surface area contributed by atoms with E-state index in [-0.39, 0.29) is 5.28 Å². The predicted molar refractivity (Wildman–Crippen MR) is 142 cm³/mol. The minimum Gasteiger partial charge on any atom is -0.208 e. The monoisotopic (exact) mass is 469 g/mol. The molecule has 0 amide bonds. The lowest BCUT2D eigenvalue weighted by Crippen LogP contribution is -2.17. The molecule has 4 heteroatoms. The summed E-state index contributed by atoms with van der Waals surface area (Å²) in [6.07, 6.45) is 14.6. The van der Waals surface area contributed by atoms with Gasteiger partial charge in [0, 0.05) is 17.0 Å². The summed E-state index contributed by atoms with van der Waals surface area (Å²) in [6.45, 7) is 0. The van der Waals surface area contributed by atoms with Crippen LogP contribution >= 0.6 is 11.6 Å². The van der Waals surface area contributed by atoms with Crippen LogP contribution in [0.2, 0.25) is 5.28 Å². The van der Waals surface area contributed by atoms with Gasteiger partial charge in [-0.2, -0.15) is 9.97 Å². The van der Waals surface area contributed by atoms with Crippen molar-refractivity contribution in [2.45, 2.75) is 12.3 Å². The normalized spacial score (nSPS) is 17.0. The highest BCUT2D eigenvalue weighted by atomic mass is 35.5. The lowest BCUT2D eigenvalue weighted by atomic mass is 9.70. The highest BCUT2D eigenvalue weighted by Gasteiger charge is 2.31. The first kappa shape index (κ1) is 20.3. The molecule has 1 aromatic heterocycles. The van der Waals surface area contributed by atoms with Crippen molar-refractivity contribution in [2.75, 3.05) is 0 Å². The Labute approximate surface area is 208 Å². The molecule has 0 aliphatic heterocycles. The van der Waals surface area contributed by atoms with Crippen molar-refractivity contribution in [3.05, 3.63) is 130 Å². The predicted octanol–water partition coefficient (Wildman–Crippen LogP) is 7.62. The van der Waals surface area contributed by atoms with Gasteiger partial charge >= 0.3 is 0 Å². The summed E-state index contributed by atoms with van der Waals surface area (Å²) in [5.41, 5.74) is 11.2. The van der Waals surface area contributed by atoms with Crippen molar-refractivity contribution in [3.63, 3.8) is 0 Å². The van der Waals surface area contributed by atoms with Gasteiger partial charge in [-0.15, -0.1) is 0 Å². The van der Waals surface area contributed by atoms with Gasteiger partial charge in [0.2, 0.25) is 5.28 Å². The highest BCUT2D eigenvalue weighted by molar-refractivity contribution is 6.28. The number of aromatic nitrogens is 3. The van der Waals surface area contributed by atoms with E-state index in [2.05, 4.69) is 87.8 Å². The SMILES string of the molecule is Clc1nc(-c2ccccc2)nc(-c2ccc(-c3ccc4c5c3C=CC3=CC=CC(=CC4)C35)cc2)n1. The molecule has 0 N–H and O–H groups in total. The molecule has 35 heavy (non-hydrogen) atoms. The van der Waals surface area contributed by atoms with Crippen LogP contribution in [0.25, 0.3) is 40.0 Å². The zero-order chi connectivity index (χ0) is 23.4. The van der Waals surface area contributed by atoms with Crippen LogP contribution in [0.1, 0.15) is 22.6 Å². The summed E-state index contributed by atoms with van der Waals surface area (Å²) in [4.78, 5) is 13.4. The van der Waals surface area contributed by atoms with Crippen molar-refractivity contribution < 1.29 is 0 Å². The second kappa shape index (κ2) is 8.00. The molecule has 3 aromatic carbocycles. The molecule has 0 bridgehead atoms. The first-order valence-electron chi connectivity index (χ1n) is 11.7. The van der Waals surface area contributed by atoms with Crippen molar-refractivity contribution in [1.29, 1.82) is 0 Å². The van der Waals surface area contributed by atoms with Gasteiger partial charge in [0.1, 0.15) is 0 Å². The second-order valence-corrected chi connectivity index (χ2v) is 9.33. The van der Waals surface area contributed by atoms with Crippen molar-refractivity contribution >= 4 is 17.7 Å². The Kier molecular flexibility index (Phi) is 4.64. The molecule has 3 aliphatic carbocycles. The minimum atomic E-state index is 0.191. The number of hydrogen-bond acceptors (Lipinski definition) is 3. The van der Waals surface area contributed by atoms with Crippen LogP contribution in [-0.2, 0) is 6.42 Å². The Balaban J connectivity index is 1.28. The van der Waals surface area contributed by atoms with Crippen molar-refractivity contribution in [1.82, 2.24) is 15.0 Å². The van der Waals surface area contributed by atoms with Crippen molar-refractivity contribution in [2.24, 2.45) is 0 Å². The van der Waals surface area contributed by atoms with E-state index in [1.165, 1.54) is 39.0 Å². The summed E-state index contributed by atoms with van der Waals surface area (Å²) in [5.74, 6) is 1.50. The average Bonchev–Trinajstić information content (AvgIpc) is 2.92. The first-order chi connectivity index (χ1) is 17.2. The molecule has 0 spiro atoms. The van der Waals surface area contributed by atoms with Gasteiger partial charge < -0.3 is 0 Å². The maximum absolute atomic E-state index is 6.26. The molecule has 3 nitrogen and oxygen atoms in total. The fourth-order valence-electron chi connectivity index (χ4n) is 5.36. The Morgan fingerprint density at radius 3 is 2.23 bits per heavy atom. The molecule has 1 atom stereocenters. The van der Waals surface area contributed by atoms with Gasteiger partial charge in [-0.1, -0.05) is 103 Å². The van der Waals surface area contributed by atoms with Gasteiger partial charge in [-0.25, -0.2) is 4.98 Å². The van der Waals surface area contributed by atoms with Crippen LogP contribution in [0.15, 0.2) is 108 Å². The molecule has 0 radical (unpaired) electrons. The highest BCUT2D eigenvalue weighted by Crippen LogP contribution is 2.48. The molecule has 166 valence electrons. The number of hydrogen-bond donors (Lipinski definition) is 0. The number of rotatable bonds is 3. The fraction of sp³-hybridized carbons (Fsp3) is 0.0645. The third kappa shape index (κ3) is 3.39. The lowest BCUT2D eigenvalue weighted by Gasteiger charge is -2.34. The molecule has 4 aromatic rings. The van der Waals surface area contributed by atoms with E-state index in [1.807, 2.05) is 30.3 Å². The van der Waals surface area contributed by atoms with Gasteiger partial charge in [-0.05, 0) is 57.0 Å². The molecule has 0 saturated heterocycles. The first-order valence-corrected chi connectivity index (χ1v) is 12.1. The number of allylic oxidation sites excluding steroid dienone is 7. The summed E-state index contributed by atoms with van der Waals surface area (Å²) < 4.78 is 0. The van der Waals surface area contributed by atoms with Gasteiger partial charge in [0.05, 0.1) is 0 Å². The number of halogens is 1. The number of benzene rings is 3. The third-order valence-electron chi connectivity index (χ3n) is 7.00. The van der Waals surface area contributed by atoms with Crippen LogP contribution in [-0.4, -0.2) is 15.0 Å². The van der Waals surface area contributed by atoms with Crippen LogP contribution in [0, 0.1) is 0 Å². The maximum Gasteiger partial charge on any atom is 0.226 e. The summed E-state index contributed by atoms with van der Waals surface area (Å²) in [6, 6.07) is 22.8. The molecule has 7 rings (SSSR count). The zero-order valence-electron chi connectivity index (χ0n) is 18.8. The van der Waals surface area contributed by atoms with Gasteiger partial charge in [0.25, 0.3) is 0 Å². The van der Waals surface area contributed by atoms with E-state index in [0.717, 1.165) is 17.5 Å². The maximum atomic E-state index is 6.26.